The van der Waals surface area contributed by atoms with E-state index in [4.69, 9.17) is 0 Å². The molecule has 1 aromatic carbocycles. The van der Waals surface area contributed by atoms with Gasteiger partial charge in [-0.3, -0.25) is 9.78 Å². The summed E-state index contributed by atoms with van der Waals surface area (Å²) >= 11 is 1.42. The maximum Gasteiger partial charge on any atom is 0.226 e. The van der Waals surface area contributed by atoms with Crippen LogP contribution in [0.5, 0.6) is 0 Å². The van der Waals surface area contributed by atoms with Gasteiger partial charge in [0.25, 0.3) is 0 Å². The molecule has 1 amide bonds. The summed E-state index contributed by atoms with van der Waals surface area (Å²) in [6.45, 7) is 2.05. The number of carbonyl (C=O) groups excluding carboxylic acids is 1. The van der Waals surface area contributed by atoms with Gasteiger partial charge in [-0.05, 0) is 23.6 Å². The fourth-order valence-electron chi connectivity index (χ4n) is 2.33. The Morgan fingerprint density at radius 3 is 2.78 bits per heavy atom. The van der Waals surface area contributed by atoms with Crippen molar-refractivity contribution in [3.8, 4) is 11.3 Å². The van der Waals surface area contributed by atoms with Crippen molar-refractivity contribution in [2.45, 2.75) is 19.3 Å². The second-order valence-corrected chi connectivity index (χ2v) is 6.20. The zero-order valence-corrected chi connectivity index (χ0v) is 13.6. The minimum Gasteiger partial charge on any atom is -0.302 e. The molecule has 0 spiro atoms. The van der Waals surface area contributed by atoms with Gasteiger partial charge in [-0.1, -0.05) is 37.3 Å². The third-order valence-corrected chi connectivity index (χ3v) is 4.33. The van der Waals surface area contributed by atoms with Crippen LogP contribution in [0.3, 0.4) is 0 Å². The molecule has 0 fully saturated rings. The van der Waals surface area contributed by atoms with Crippen molar-refractivity contribution in [3.05, 3.63) is 65.8 Å². The standard InChI is InChI=1S/C18H17N3OS/c1-13(14-6-3-2-4-7-14)10-17(22)21-18-20-16(12-23-18)15-8-5-9-19-11-15/h2-9,11-13H,10H2,1H3,(H,20,21,22). The lowest BCUT2D eigenvalue weighted by molar-refractivity contribution is -0.116. The Balaban J connectivity index is 1.61. The number of benzene rings is 1. The number of carbonyl (C=O) groups is 1. The molecule has 5 heteroatoms. The van der Waals surface area contributed by atoms with Crippen molar-refractivity contribution >= 4 is 22.4 Å². The van der Waals surface area contributed by atoms with Crippen molar-refractivity contribution in [1.82, 2.24) is 9.97 Å². The third-order valence-electron chi connectivity index (χ3n) is 3.57. The van der Waals surface area contributed by atoms with Crippen LogP contribution < -0.4 is 5.32 Å². The first-order chi connectivity index (χ1) is 11.2. The molecule has 0 aliphatic carbocycles. The molecule has 4 nitrogen and oxygen atoms in total. The van der Waals surface area contributed by atoms with E-state index in [-0.39, 0.29) is 11.8 Å². The maximum absolute atomic E-state index is 12.2. The predicted molar refractivity (Wildman–Crippen MR) is 93.4 cm³/mol. The van der Waals surface area contributed by atoms with Crippen LogP contribution in [0, 0.1) is 0 Å². The van der Waals surface area contributed by atoms with Gasteiger partial charge in [-0.15, -0.1) is 11.3 Å². The zero-order chi connectivity index (χ0) is 16.1. The van der Waals surface area contributed by atoms with E-state index in [0.717, 1.165) is 16.8 Å². The lowest BCUT2D eigenvalue weighted by Crippen LogP contribution is -2.14. The number of pyridine rings is 1. The molecule has 2 heterocycles. The van der Waals surface area contributed by atoms with Crippen molar-refractivity contribution in [3.63, 3.8) is 0 Å². The fourth-order valence-corrected chi connectivity index (χ4v) is 3.06. The molecule has 0 saturated heterocycles. The topological polar surface area (TPSA) is 54.9 Å². The normalized spacial score (nSPS) is 11.9. The SMILES string of the molecule is CC(CC(=O)Nc1nc(-c2cccnc2)cs1)c1ccccc1. The van der Waals surface area contributed by atoms with Crippen molar-refractivity contribution in [2.75, 3.05) is 5.32 Å². The molecule has 0 saturated carbocycles. The number of hydrogen-bond donors (Lipinski definition) is 1. The number of amides is 1. The Morgan fingerprint density at radius 1 is 1.22 bits per heavy atom. The highest BCUT2D eigenvalue weighted by molar-refractivity contribution is 7.14. The Morgan fingerprint density at radius 2 is 2.04 bits per heavy atom. The van der Waals surface area contributed by atoms with Crippen LogP contribution in [-0.2, 0) is 4.79 Å². The Bertz CT molecular complexity index is 771. The van der Waals surface area contributed by atoms with Crippen LogP contribution in [0.1, 0.15) is 24.8 Å². The molecule has 0 bridgehead atoms. The second kappa shape index (κ2) is 7.15. The smallest absolute Gasteiger partial charge is 0.226 e. The molecule has 23 heavy (non-hydrogen) atoms. The highest BCUT2D eigenvalue weighted by Gasteiger charge is 2.13. The molecule has 3 rings (SSSR count). The molecule has 1 unspecified atom stereocenters. The number of nitrogens with zero attached hydrogens (tertiary/aromatic N) is 2. The number of thiazole rings is 1. The lowest BCUT2D eigenvalue weighted by atomic mass is 9.98. The van der Waals surface area contributed by atoms with Crippen LogP contribution >= 0.6 is 11.3 Å². The first kappa shape index (κ1) is 15.4. The number of anilines is 1. The van der Waals surface area contributed by atoms with Gasteiger partial charge in [-0.25, -0.2) is 4.98 Å². The van der Waals surface area contributed by atoms with Crippen LogP contribution in [-0.4, -0.2) is 15.9 Å². The quantitative estimate of drug-likeness (QED) is 0.760. The van der Waals surface area contributed by atoms with Gasteiger partial charge in [0.2, 0.25) is 5.91 Å². The van der Waals surface area contributed by atoms with Crippen LogP contribution in [0.2, 0.25) is 0 Å². The van der Waals surface area contributed by atoms with Crippen molar-refractivity contribution in [1.29, 1.82) is 0 Å². The van der Waals surface area contributed by atoms with Crippen LogP contribution in [0.25, 0.3) is 11.3 Å². The molecule has 2 aromatic heterocycles. The summed E-state index contributed by atoms with van der Waals surface area (Å²) in [6, 6.07) is 13.9. The molecule has 0 aliphatic heterocycles. The Kier molecular flexibility index (Phi) is 4.78. The van der Waals surface area contributed by atoms with Crippen molar-refractivity contribution in [2.24, 2.45) is 0 Å². The zero-order valence-electron chi connectivity index (χ0n) is 12.8. The molecule has 0 aliphatic rings. The number of hydrogen-bond acceptors (Lipinski definition) is 4. The van der Waals surface area contributed by atoms with Gasteiger partial charge in [0.1, 0.15) is 0 Å². The summed E-state index contributed by atoms with van der Waals surface area (Å²) in [4.78, 5) is 20.7. The second-order valence-electron chi connectivity index (χ2n) is 5.34. The highest BCUT2D eigenvalue weighted by Crippen LogP contribution is 2.25. The Labute approximate surface area is 139 Å². The summed E-state index contributed by atoms with van der Waals surface area (Å²) in [5.41, 5.74) is 2.94. The largest absolute Gasteiger partial charge is 0.302 e. The first-order valence-electron chi connectivity index (χ1n) is 7.43. The molecule has 1 N–H and O–H groups in total. The molecular weight excluding hydrogens is 306 g/mol. The van der Waals surface area contributed by atoms with Crippen LogP contribution in [0.4, 0.5) is 5.13 Å². The number of aromatic nitrogens is 2. The van der Waals surface area contributed by atoms with Crippen molar-refractivity contribution < 1.29 is 4.79 Å². The van der Waals surface area contributed by atoms with E-state index in [1.807, 2.05) is 47.8 Å². The summed E-state index contributed by atoms with van der Waals surface area (Å²) in [5, 5.41) is 5.42. The highest BCUT2D eigenvalue weighted by atomic mass is 32.1. The van der Waals surface area contributed by atoms with E-state index < -0.39 is 0 Å². The van der Waals surface area contributed by atoms with E-state index in [2.05, 4.69) is 22.2 Å². The van der Waals surface area contributed by atoms with Gasteiger partial charge in [0.05, 0.1) is 5.69 Å². The maximum atomic E-state index is 12.2. The fraction of sp³-hybridized carbons (Fsp3) is 0.167. The summed E-state index contributed by atoms with van der Waals surface area (Å²) in [5.74, 6) is 0.155. The van der Waals surface area contributed by atoms with E-state index in [9.17, 15) is 4.79 Å². The molecule has 1 atom stereocenters. The van der Waals surface area contributed by atoms with Gasteiger partial charge in [0.15, 0.2) is 5.13 Å². The van der Waals surface area contributed by atoms with E-state index in [1.165, 1.54) is 11.3 Å². The number of rotatable bonds is 5. The first-order valence-corrected chi connectivity index (χ1v) is 8.31. The molecule has 116 valence electrons. The minimum absolute atomic E-state index is 0.0200. The monoisotopic (exact) mass is 323 g/mol. The van der Waals surface area contributed by atoms with E-state index in [1.54, 1.807) is 12.4 Å². The van der Waals surface area contributed by atoms with Gasteiger partial charge in [-0.2, -0.15) is 0 Å². The minimum atomic E-state index is -0.0200. The van der Waals surface area contributed by atoms with Crippen LogP contribution in [0.15, 0.2) is 60.2 Å². The Hall–Kier alpha value is -2.53. The average molecular weight is 323 g/mol. The van der Waals surface area contributed by atoms with Gasteiger partial charge in [0, 0.05) is 29.8 Å². The van der Waals surface area contributed by atoms with E-state index >= 15 is 0 Å². The average Bonchev–Trinajstić information content (AvgIpc) is 3.04. The molecular formula is C18H17N3OS. The summed E-state index contributed by atoms with van der Waals surface area (Å²) < 4.78 is 0. The van der Waals surface area contributed by atoms with Gasteiger partial charge < -0.3 is 5.32 Å². The molecule has 0 radical (unpaired) electrons. The van der Waals surface area contributed by atoms with E-state index in [0.29, 0.717) is 11.6 Å². The lowest BCUT2D eigenvalue weighted by Gasteiger charge is -2.10. The number of nitrogens with one attached hydrogen (secondary N) is 1. The summed E-state index contributed by atoms with van der Waals surface area (Å²) in [6.07, 6.45) is 3.92. The third kappa shape index (κ3) is 4.02. The van der Waals surface area contributed by atoms with Gasteiger partial charge >= 0.3 is 0 Å². The predicted octanol–water partition coefficient (Wildman–Crippen LogP) is 4.34. The summed E-state index contributed by atoms with van der Waals surface area (Å²) in [7, 11) is 0. The molecule has 3 aromatic rings.